The fraction of sp³-hybridized carbons (Fsp3) is 0.200. The minimum Gasteiger partial charge on any atom is -0.481 e. The highest BCUT2D eigenvalue weighted by atomic mass is 35.5. The maximum Gasteiger partial charge on any atom is 0.303 e. The van der Waals surface area contributed by atoms with E-state index < -0.39 is 5.97 Å². The number of fused-ring (bicyclic) bond motifs is 2. The van der Waals surface area contributed by atoms with Crippen molar-refractivity contribution in [3.63, 3.8) is 0 Å². The predicted octanol–water partition coefficient (Wildman–Crippen LogP) is 5.47. The van der Waals surface area contributed by atoms with Crippen molar-refractivity contribution in [1.29, 1.82) is 0 Å². The van der Waals surface area contributed by atoms with Crippen LogP contribution in [0.25, 0.3) is 21.9 Å². The van der Waals surface area contributed by atoms with Gasteiger partial charge in [-0.1, -0.05) is 23.7 Å². The van der Waals surface area contributed by atoms with E-state index in [-0.39, 0.29) is 13.2 Å². The average molecular weight is 402 g/mol. The quantitative estimate of drug-likeness (QED) is 0.592. The Labute approximate surface area is 164 Å². The van der Waals surface area contributed by atoms with Gasteiger partial charge in [-0.25, -0.2) is 4.98 Å². The Bertz CT molecular complexity index is 1010. The summed E-state index contributed by atoms with van der Waals surface area (Å²) >= 11 is 7.89. The van der Waals surface area contributed by atoms with E-state index in [1.807, 2.05) is 42.5 Å². The van der Waals surface area contributed by atoms with Gasteiger partial charge in [-0.15, -0.1) is 11.3 Å². The van der Waals surface area contributed by atoms with Crippen LogP contribution < -0.4 is 9.47 Å². The minimum atomic E-state index is -0.801. The number of hydrogen-bond donors (Lipinski definition) is 1. The first-order valence-corrected chi connectivity index (χ1v) is 9.67. The van der Waals surface area contributed by atoms with Crippen LogP contribution in [0.15, 0.2) is 36.4 Å². The van der Waals surface area contributed by atoms with E-state index in [1.54, 1.807) is 11.3 Å². The van der Waals surface area contributed by atoms with Crippen molar-refractivity contribution in [2.45, 2.75) is 19.3 Å². The molecular formula is C20H16ClNO4S. The Morgan fingerprint density at radius 1 is 1.26 bits per heavy atom. The van der Waals surface area contributed by atoms with Crippen molar-refractivity contribution < 1.29 is 19.4 Å². The number of benzene rings is 2. The molecule has 0 fully saturated rings. The summed E-state index contributed by atoms with van der Waals surface area (Å²) in [6.45, 7) is 0.158. The molecule has 2 aromatic carbocycles. The van der Waals surface area contributed by atoms with Crippen molar-refractivity contribution >= 4 is 50.8 Å². The molecule has 1 N–H and O–H groups in total. The Morgan fingerprint density at radius 3 is 2.93 bits per heavy atom. The molecule has 0 amide bonds. The van der Waals surface area contributed by atoms with Crippen molar-refractivity contribution in [2.24, 2.45) is 0 Å². The lowest BCUT2D eigenvalue weighted by atomic mass is 10.0. The van der Waals surface area contributed by atoms with Gasteiger partial charge in [-0.3, -0.25) is 4.79 Å². The van der Waals surface area contributed by atoms with Gasteiger partial charge in [-0.05, 0) is 54.3 Å². The molecule has 1 aliphatic heterocycles. The van der Waals surface area contributed by atoms with E-state index in [2.05, 4.69) is 0 Å². The molecule has 0 bridgehead atoms. The second kappa shape index (κ2) is 7.58. The summed E-state index contributed by atoms with van der Waals surface area (Å²) in [6, 6.07) is 11.6. The van der Waals surface area contributed by atoms with E-state index in [0.717, 1.165) is 26.4 Å². The molecule has 0 aliphatic carbocycles. The molecule has 0 radical (unpaired) electrons. The molecule has 0 spiro atoms. The maximum atomic E-state index is 10.9. The van der Waals surface area contributed by atoms with E-state index in [1.165, 1.54) is 0 Å². The van der Waals surface area contributed by atoms with Crippen LogP contribution in [0.2, 0.25) is 5.02 Å². The van der Waals surface area contributed by atoms with Crippen molar-refractivity contribution in [3.05, 3.63) is 52.0 Å². The highest BCUT2D eigenvalue weighted by Crippen LogP contribution is 2.41. The number of carboxylic acids is 1. The lowest BCUT2D eigenvalue weighted by molar-refractivity contribution is -0.137. The Balaban J connectivity index is 1.72. The number of aromatic nitrogens is 1. The first-order valence-electron chi connectivity index (χ1n) is 8.47. The number of ether oxygens (including phenoxy) is 2. The molecular weight excluding hydrogens is 386 g/mol. The summed E-state index contributed by atoms with van der Waals surface area (Å²) in [6.07, 6.45) is 3.26. The first-order chi connectivity index (χ1) is 13.1. The van der Waals surface area contributed by atoms with E-state index in [9.17, 15) is 4.79 Å². The number of halogens is 1. The van der Waals surface area contributed by atoms with Crippen LogP contribution in [0.3, 0.4) is 0 Å². The number of thiazole rings is 1. The molecule has 0 saturated carbocycles. The van der Waals surface area contributed by atoms with Crippen molar-refractivity contribution in [2.75, 3.05) is 6.79 Å². The fourth-order valence-electron chi connectivity index (χ4n) is 2.95. The van der Waals surface area contributed by atoms with Crippen LogP contribution >= 0.6 is 22.9 Å². The summed E-state index contributed by atoms with van der Waals surface area (Å²) in [7, 11) is 0. The monoisotopic (exact) mass is 401 g/mol. The molecule has 0 atom stereocenters. The average Bonchev–Trinajstić information content (AvgIpc) is 3.27. The zero-order valence-corrected chi connectivity index (χ0v) is 15.8. The number of carbonyl (C=O) groups is 1. The summed E-state index contributed by atoms with van der Waals surface area (Å²) in [5.41, 5.74) is 2.78. The lowest BCUT2D eigenvalue weighted by Gasteiger charge is -2.06. The molecule has 0 saturated heterocycles. The summed E-state index contributed by atoms with van der Waals surface area (Å²) in [5, 5.41) is 10.3. The van der Waals surface area contributed by atoms with E-state index in [0.29, 0.717) is 29.4 Å². The van der Waals surface area contributed by atoms with Gasteiger partial charge >= 0.3 is 5.97 Å². The number of carboxylic acid groups (broad SMARTS) is 1. The summed E-state index contributed by atoms with van der Waals surface area (Å²) < 4.78 is 11.9. The van der Waals surface area contributed by atoms with Crippen LogP contribution in [0.4, 0.5) is 0 Å². The van der Waals surface area contributed by atoms with Gasteiger partial charge in [-0.2, -0.15) is 0 Å². The molecule has 1 aliphatic rings. The van der Waals surface area contributed by atoms with Gasteiger partial charge < -0.3 is 14.6 Å². The smallest absolute Gasteiger partial charge is 0.303 e. The molecule has 27 heavy (non-hydrogen) atoms. The van der Waals surface area contributed by atoms with E-state index >= 15 is 0 Å². The second-order valence-corrected chi connectivity index (χ2v) is 7.58. The number of hydrogen-bond acceptors (Lipinski definition) is 5. The SMILES string of the molecule is O=C(O)CCC/C(=C/c1cc(Cl)c2c(c1)OCO2)c1nc2ccccc2s1. The van der Waals surface area contributed by atoms with E-state index in [4.69, 9.17) is 31.2 Å². The zero-order valence-electron chi connectivity index (χ0n) is 14.3. The Morgan fingerprint density at radius 2 is 2.11 bits per heavy atom. The third-order valence-corrected chi connectivity index (χ3v) is 5.59. The van der Waals surface area contributed by atoms with Gasteiger partial charge in [0.25, 0.3) is 0 Å². The third-order valence-electron chi connectivity index (χ3n) is 4.20. The lowest BCUT2D eigenvalue weighted by Crippen LogP contribution is -1.94. The number of aliphatic carboxylic acids is 1. The minimum absolute atomic E-state index is 0.115. The number of rotatable bonds is 6. The molecule has 4 rings (SSSR count). The van der Waals surface area contributed by atoms with Crippen molar-refractivity contribution in [1.82, 2.24) is 4.98 Å². The largest absolute Gasteiger partial charge is 0.481 e. The molecule has 7 heteroatoms. The van der Waals surface area contributed by atoms with Crippen LogP contribution in [-0.4, -0.2) is 22.9 Å². The molecule has 3 aromatic rings. The number of para-hydroxylation sites is 1. The van der Waals surface area contributed by atoms with Gasteiger partial charge in [0.05, 0.1) is 15.2 Å². The molecule has 2 heterocycles. The standard InChI is InChI=1S/C20H16ClNO4S/c21-14-9-12(10-16-19(14)26-11-25-16)8-13(4-3-7-18(23)24)20-22-15-5-1-2-6-17(15)27-20/h1-2,5-6,8-10H,3-4,7,11H2,(H,23,24)/b13-8-. The first kappa shape index (κ1) is 17.8. The predicted molar refractivity (Wildman–Crippen MR) is 107 cm³/mol. The van der Waals surface area contributed by atoms with Gasteiger partial charge in [0.2, 0.25) is 6.79 Å². The number of nitrogens with zero attached hydrogens (tertiary/aromatic N) is 1. The van der Waals surface area contributed by atoms with Crippen LogP contribution in [0.5, 0.6) is 11.5 Å². The topological polar surface area (TPSA) is 68.7 Å². The molecule has 5 nitrogen and oxygen atoms in total. The second-order valence-electron chi connectivity index (χ2n) is 6.14. The van der Waals surface area contributed by atoms with Gasteiger partial charge in [0, 0.05) is 6.42 Å². The van der Waals surface area contributed by atoms with Crippen LogP contribution in [-0.2, 0) is 4.79 Å². The highest BCUT2D eigenvalue weighted by molar-refractivity contribution is 7.19. The molecule has 0 unspecified atom stereocenters. The fourth-order valence-corrected chi connectivity index (χ4v) is 4.24. The summed E-state index contributed by atoms with van der Waals surface area (Å²) in [4.78, 5) is 15.6. The third kappa shape index (κ3) is 3.91. The Kier molecular flexibility index (Phi) is 5.01. The number of allylic oxidation sites excluding steroid dienone is 1. The molecule has 138 valence electrons. The molecule has 1 aromatic heterocycles. The normalized spacial score (nSPS) is 13.3. The van der Waals surface area contributed by atoms with Gasteiger partial charge in [0.15, 0.2) is 11.5 Å². The van der Waals surface area contributed by atoms with Crippen molar-refractivity contribution in [3.8, 4) is 11.5 Å². The summed E-state index contributed by atoms with van der Waals surface area (Å²) in [5.74, 6) is 0.369. The highest BCUT2D eigenvalue weighted by Gasteiger charge is 2.18. The maximum absolute atomic E-state index is 10.9. The Hall–Kier alpha value is -2.57. The van der Waals surface area contributed by atoms with Crippen LogP contribution in [0, 0.1) is 0 Å². The van der Waals surface area contributed by atoms with Crippen LogP contribution in [0.1, 0.15) is 29.8 Å². The van der Waals surface area contributed by atoms with Gasteiger partial charge in [0.1, 0.15) is 5.01 Å². The zero-order chi connectivity index (χ0) is 18.8.